The number of carbonyl (C=O) groups excluding carboxylic acids is 1. The molecule has 0 aliphatic carbocycles. The Labute approximate surface area is 165 Å². The van der Waals surface area contributed by atoms with Crippen LogP contribution in [-0.4, -0.2) is 38.3 Å². The lowest BCUT2D eigenvalue weighted by Gasteiger charge is -2.19. The van der Waals surface area contributed by atoms with Crippen LogP contribution >= 0.6 is 0 Å². The van der Waals surface area contributed by atoms with Gasteiger partial charge in [-0.1, -0.05) is 30.3 Å². The van der Waals surface area contributed by atoms with E-state index in [2.05, 4.69) is 5.32 Å². The van der Waals surface area contributed by atoms with Gasteiger partial charge in [-0.15, -0.1) is 0 Å². The van der Waals surface area contributed by atoms with Gasteiger partial charge in [0, 0.05) is 24.9 Å². The molecule has 6 nitrogen and oxygen atoms in total. The van der Waals surface area contributed by atoms with Crippen LogP contribution in [0.5, 0.6) is 5.75 Å². The zero-order valence-corrected chi connectivity index (χ0v) is 16.6. The quantitative estimate of drug-likeness (QED) is 0.722. The molecule has 1 saturated heterocycles. The molecule has 1 heterocycles. The number of amides is 1. The zero-order chi connectivity index (χ0) is 20.0. The smallest absolute Gasteiger partial charge is 0.248 e. The molecule has 2 aromatic carbocycles. The van der Waals surface area contributed by atoms with Crippen LogP contribution in [0.3, 0.4) is 0 Å². The standard InChI is InChI=1S/C21H24N2O4S/c1-2-27-19-12-11-18(16-20(19)28(25,26)23-14-6-7-15-23)22-21(24)13-10-17-8-4-3-5-9-17/h3-5,8-13,16H,2,6-7,14-15H2,1H3,(H,22,24)/b13-10+. The molecule has 0 spiro atoms. The number of benzene rings is 2. The molecule has 0 aromatic heterocycles. The number of sulfonamides is 1. The highest BCUT2D eigenvalue weighted by Crippen LogP contribution is 2.31. The van der Waals surface area contributed by atoms with Gasteiger partial charge in [-0.2, -0.15) is 4.31 Å². The summed E-state index contributed by atoms with van der Waals surface area (Å²) in [6, 6.07) is 14.2. The molecule has 7 heteroatoms. The van der Waals surface area contributed by atoms with Crippen molar-refractivity contribution in [3.63, 3.8) is 0 Å². The van der Waals surface area contributed by atoms with Crippen molar-refractivity contribution >= 4 is 27.7 Å². The SMILES string of the molecule is CCOc1ccc(NC(=O)/C=C/c2ccccc2)cc1S(=O)(=O)N1CCCC1. The lowest BCUT2D eigenvalue weighted by atomic mass is 10.2. The van der Waals surface area contributed by atoms with E-state index >= 15 is 0 Å². The van der Waals surface area contributed by atoms with E-state index in [1.807, 2.05) is 30.3 Å². The van der Waals surface area contributed by atoms with Crippen LogP contribution in [-0.2, 0) is 14.8 Å². The second kappa shape index (κ2) is 9.03. The van der Waals surface area contributed by atoms with Gasteiger partial charge >= 0.3 is 0 Å². The molecule has 1 N–H and O–H groups in total. The van der Waals surface area contributed by atoms with E-state index in [-0.39, 0.29) is 10.8 Å². The second-order valence-electron chi connectivity index (χ2n) is 6.44. The number of ether oxygens (including phenoxy) is 1. The van der Waals surface area contributed by atoms with Crippen LogP contribution in [0.25, 0.3) is 6.08 Å². The fourth-order valence-electron chi connectivity index (χ4n) is 3.05. The predicted molar refractivity (Wildman–Crippen MR) is 110 cm³/mol. The van der Waals surface area contributed by atoms with Crippen molar-refractivity contribution in [2.24, 2.45) is 0 Å². The number of anilines is 1. The third kappa shape index (κ3) is 4.79. The number of nitrogens with one attached hydrogen (secondary N) is 1. The van der Waals surface area contributed by atoms with Gasteiger partial charge in [-0.3, -0.25) is 4.79 Å². The molecule has 0 saturated carbocycles. The molecule has 1 aliphatic rings. The maximum Gasteiger partial charge on any atom is 0.248 e. The normalized spacial score (nSPS) is 15.0. The Kier molecular flexibility index (Phi) is 6.49. The van der Waals surface area contributed by atoms with Gasteiger partial charge in [-0.25, -0.2) is 8.42 Å². The first-order valence-electron chi connectivity index (χ1n) is 9.32. The van der Waals surface area contributed by atoms with Crippen molar-refractivity contribution < 1.29 is 17.9 Å². The molecule has 0 unspecified atom stereocenters. The topological polar surface area (TPSA) is 75.7 Å². The maximum absolute atomic E-state index is 13.0. The summed E-state index contributed by atoms with van der Waals surface area (Å²) in [5, 5.41) is 2.72. The summed E-state index contributed by atoms with van der Waals surface area (Å²) >= 11 is 0. The van der Waals surface area contributed by atoms with Gasteiger partial charge in [0.1, 0.15) is 10.6 Å². The van der Waals surface area contributed by atoms with Crippen LogP contribution in [0.4, 0.5) is 5.69 Å². The molecule has 3 rings (SSSR count). The molecular formula is C21H24N2O4S. The van der Waals surface area contributed by atoms with Gasteiger partial charge < -0.3 is 10.1 Å². The largest absolute Gasteiger partial charge is 0.492 e. The second-order valence-corrected chi connectivity index (χ2v) is 8.35. The molecule has 0 atom stereocenters. The van der Waals surface area contributed by atoms with E-state index in [1.165, 1.54) is 16.4 Å². The summed E-state index contributed by atoms with van der Waals surface area (Å²) in [6.07, 6.45) is 4.82. The first kappa shape index (κ1) is 20.1. The van der Waals surface area contributed by atoms with Crippen LogP contribution in [0, 0.1) is 0 Å². The number of rotatable bonds is 7. The van der Waals surface area contributed by atoms with Gasteiger partial charge in [0.05, 0.1) is 6.61 Å². The van der Waals surface area contributed by atoms with Crippen LogP contribution < -0.4 is 10.1 Å². The van der Waals surface area contributed by atoms with E-state index in [9.17, 15) is 13.2 Å². The molecule has 0 radical (unpaired) electrons. The fourth-order valence-corrected chi connectivity index (χ4v) is 4.72. The minimum absolute atomic E-state index is 0.0843. The molecule has 1 amide bonds. The number of hydrogen-bond acceptors (Lipinski definition) is 4. The fraction of sp³-hybridized carbons (Fsp3) is 0.286. The zero-order valence-electron chi connectivity index (χ0n) is 15.8. The van der Waals surface area contributed by atoms with Gasteiger partial charge in [0.15, 0.2) is 0 Å². The van der Waals surface area contributed by atoms with E-state index < -0.39 is 10.0 Å². The molecule has 28 heavy (non-hydrogen) atoms. The Balaban J connectivity index is 1.82. The summed E-state index contributed by atoms with van der Waals surface area (Å²) in [7, 11) is -3.67. The van der Waals surface area contributed by atoms with Gasteiger partial charge in [0.2, 0.25) is 15.9 Å². The van der Waals surface area contributed by atoms with Crippen LogP contribution in [0.1, 0.15) is 25.3 Å². The van der Waals surface area contributed by atoms with E-state index in [0.717, 1.165) is 18.4 Å². The highest BCUT2D eigenvalue weighted by atomic mass is 32.2. The average Bonchev–Trinajstić information content (AvgIpc) is 3.24. The monoisotopic (exact) mass is 400 g/mol. The minimum atomic E-state index is -3.67. The van der Waals surface area contributed by atoms with Crippen molar-refractivity contribution in [3.8, 4) is 5.75 Å². The number of hydrogen-bond donors (Lipinski definition) is 1. The highest BCUT2D eigenvalue weighted by Gasteiger charge is 2.30. The molecule has 1 fully saturated rings. The highest BCUT2D eigenvalue weighted by molar-refractivity contribution is 7.89. The summed E-state index contributed by atoms with van der Waals surface area (Å²) in [6.45, 7) is 3.17. The lowest BCUT2D eigenvalue weighted by Crippen LogP contribution is -2.28. The van der Waals surface area contributed by atoms with E-state index in [4.69, 9.17) is 4.74 Å². The Bertz CT molecular complexity index is 950. The molecule has 1 aliphatic heterocycles. The summed E-state index contributed by atoms with van der Waals surface area (Å²) in [5.74, 6) is -0.0373. The molecule has 148 valence electrons. The number of nitrogens with zero attached hydrogens (tertiary/aromatic N) is 1. The first-order chi connectivity index (χ1) is 13.5. The van der Waals surface area contributed by atoms with E-state index in [0.29, 0.717) is 31.1 Å². The summed E-state index contributed by atoms with van der Waals surface area (Å²) in [4.78, 5) is 12.3. The van der Waals surface area contributed by atoms with Gasteiger partial charge in [-0.05, 0) is 49.6 Å². The minimum Gasteiger partial charge on any atom is -0.492 e. The maximum atomic E-state index is 13.0. The van der Waals surface area contributed by atoms with Crippen molar-refractivity contribution in [1.82, 2.24) is 4.31 Å². The summed E-state index contributed by atoms with van der Waals surface area (Å²) < 4.78 is 33.0. The lowest BCUT2D eigenvalue weighted by molar-refractivity contribution is -0.111. The van der Waals surface area contributed by atoms with Crippen LogP contribution in [0.15, 0.2) is 59.5 Å². The van der Waals surface area contributed by atoms with E-state index in [1.54, 1.807) is 25.1 Å². The Morgan fingerprint density at radius 3 is 2.54 bits per heavy atom. The van der Waals surface area contributed by atoms with Crippen molar-refractivity contribution in [2.45, 2.75) is 24.7 Å². The Hall–Kier alpha value is -2.64. The Morgan fingerprint density at radius 2 is 1.86 bits per heavy atom. The van der Waals surface area contributed by atoms with Crippen molar-refractivity contribution in [1.29, 1.82) is 0 Å². The third-order valence-electron chi connectivity index (χ3n) is 4.42. The third-order valence-corrected chi connectivity index (χ3v) is 6.34. The van der Waals surface area contributed by atoms with Crippen molar-refractivity contribution in [2.75, 3.05) is 25.0 Å². The number of carbonyl (C=O) groups is 1. The summed E-state index contributed by atoms with van der Waals surface area (Å²) in [5.41, 5.74) is 1.31. The molecular weight excluding hydrogens is 376 g/mol. The predicted octanol–water partition coefficient (Wildman–Crippen LogP) is 3.52. The van der Waals surface area contributed by atoms with Crippen molar-refractivity contribution in [3.05, 3.63) is 60.2 Å². The average molecular weight is 401 g/mol. The molecule has 2 aromatic rings. The van der Waals surface area contributed by atoms with Gasteiger partial charge in [0.25, 0.3) is 0 Å². The first-order valence-corrected chi connectivity index (χ1v) is 10.8. The van der Waals surface area contributed by atoms with Crippen LogP contribution in [0.2, 0.25) is 0 Å². The molecule has 0 bridgehead atoms. The Morgan fingerprint density at radius 1 is 1.14 bits per heavy atom.